The Labute approximate surface area is 181 Å². The zero-order chi connectivity index (χ0) is 20.9. The fourth-order valence-electron chi connectivity index (χ4n) is 3.52. The van der Waals surface area contributed by atoms with Gasteiger partial charge in [-0.1, -0.05) is 50.2 Å². The molecule has 30 heavy (non-hydrogen) atoms. The molecule has 6 heteroatoms. The van der Waals surface area contributed by atoms with Crippen molar-refractivity contribution in [3.63, 3.8) is 0 Å². The molecule has 1 aliphatic heterocycles. The number of carbonyl (C=O) groups excluding carboxylic acids is 1. The normalized spacial score (nSPS) is 13.4. The van der Waals surface area contributed by atoms with Gasteiger partial charge >= 0.3 is 0 Å². The van der Waals surface area contributed by atoms with Crippen molar-refractivity contribution < 1.29 is 19.6 Å². The van der Waals surface area contributed by atoms with E-state index in [4.69, 9.17) is 9.47 Å². The number of carbonyl (C=O) groups is 1. The molecule has 0 saturated heterocycles. The smallest absolute Gasteiger partial charge is 0.275 e. The van der Waals surface area contributed by atoms with Gasteiger partial charge in [0.25, 0.3) is 5.91 Å². The second-order valence-corrected chi connectivity index (χ2v) is 8.70. The van der Waals surface area contributed by atoms with Crippen molar-refractivity contribution in [2.75, 3.05) is 13.3 Å². The van der Waals surface area contributed by atoms with Crippen molar-refractivity contribution in [2.24, 2.45) is 0 Å². The lowest BCUT2D eigenvalue weighted by molar-refractivity contribution is -0.676. The van der Waals surface area contributed by atoms with Crippen molar-refractivity contribution in [3.05, 3.63) is 81.5 Å². The van der Waals surface area contributed by atoms with Crippen molar-refractivity contribution in [1.29, 1.82) is 0 Å². The molecule has 0 radical (unpaired) electrons. The van der Waals surface area contributed by atoms with Crippen LogP contribution in [0.3, 0.4) is 0 Å². The van der Waals surface area contributed by atoms with Gasteiger partial charge in [0, 0.05) is 12.1 Å². The number of hydrogen-bond acceptors (Lipinski definition) is 4. The standard InChI is InChI=1S/C24H26N2O3S/c1-16(2)18-6-8-19(9-7-18)24(22-4-3-11-30-22)26-14-23(27)25-13-17-5-10-20-21(12-17)29-15-28-20/h3-12,16,24,26H,13-15H2,1-2H3,(H,25,27)/p+1/t24-/m0/s1. The lowest BCUT2D eigenvalue weighted by Crippen LogP contribution is -2.87. The lowest BCUT2D eigenvalue weighted by atomic mass is 9.98. The molecule has 2 aromatic carbocycles. The van der Waals surface area contributed by atoms with E-state index >= 15 is 0 Å². The number of thiophene rings is 1. The van der Waals surface area contributed by atoms with E-state index in [1.807, 2.05) is 18.2 Å². The molecule has 3 N–H and O–H groups in total. The van der Waals surface area contributed by atoms with Gasteiger partial charge in [0.05, 0.1) is 4.88 Å². The number of amides is 1. The predicted octanol–water partition coefficient (Wildman–Crippen LogP) is 3.57. The van der Waals surface area contributed by atoms with Crippen molar-refractivity contribution >= 4 is 17.2 Å². The Morgan fingerprint density at radius 1 is 1.07 bits per heavy atom. The minimum Gasteiger partial charge on any atom is -0.454 e. The molecule has 3 aromatic rings. The quantitative estimate of drug-likeness (QED) is 0.582. The minimum absolute atomic E-state index is 0.00743. The molecule has 2 heterocycles. The van der Waals surface area contributed by atoms with E-state index in [1.165, 1.54) is 16.0 Å². The van der Waals surface area contributed by atoms with Crippen LogP contribution in [0.5, 0.6) is 11.5 Å². The maximum absolute atomic E-state index is 12.5. The van der Waals surface area contributed by atoms with Crippen molar-refractivity contribution in [3.8, 4) is 11.5 Å². The molecule has 1 amide bonds. The van der Waals surface area contributed by atoms with Crippen molar-refractivity contribution in [1.82, 2.24) is 5.32 Å². The number of rotatable bonds is 8. The first kappa shape index (κ1) is 20.4. The highest BCUT2D eigenvalue weighted by Gasteiger charge is 2.20. The molecular formula is C24H27N2O3S+. The second kappa shape index (κ2) is 9.32. The average molecular weight is 424 g/mol. The summed E-state index contributed by atoms with van der Waals surface area (Å²) in [6, 6.07) is 18.8. The number of nitrogens with two attached hydrogens (primary N) is 1. The van der Waals surface area contributed by atoms with Gasteiger partial charge in [0.1, 0.15) is 6.04 Å². The average Bonchev–Trinajstić information content (AvgIpc) is 3.44. The van der Waals surface area contributed by atoms with Crippen LogP contribution in [0.4, 0.5) is 0 Å². The van der Waals surface area contributed by atoms with Gasteiger partial charge in [0.2, 0.25) is 6.79 Å². The van der Waals surface area contributed by atoms with Crippen LogP contribution < -0.4 is 20.1 Å². The third-order valence-electron chi connectivity index (χ3n) is 5.28. The van der Waals surface area contributed by atoms with Gasteiger partial charge in [0.15, 0.2) is 18.0 Å². The lowest BCUT2D eigenvalue weighted by Gasteiger charge is -2.16. The maximum atomic E-state index is 12.5. The van der Waals surface area contributed by atoms with E-state index < -0.39 is 0 Å². The Balaban J connectivity index is 1.37. The van der Waals surface area contributed by atoms with E-state index in [-0.39, 0.29) is 18.7 Å². The molecule has 0 aliphatic carbocycles. The Morgan fingerprint density at radius 2 is 1.83 bits per heavy atom. The number of ether oxygens (including phenoxy) is 2. The summed E-state index contributed by atoms with van der Waals surface area (Å²) in [4.78, 5) is 13.8. The molecule has 0 spiro atoms. The summed E-state index contributed by atoms with van der Waals surface area (Å²) in [6.45, 7) is 5.47. The zero-order valence-electron chi connectivity index (χ0n) is 17.3. The minimum atomic E-state index is 0.00743. The number of hydrogen-bond donors (Lipinski definition) is 2. The summed E-state index contributed by atoms with van der Waals surface area (Å²) < 4.78 is 10.7. The van der Waals surface area contributed by atoms with Crippen LogP contribution in [0.2, 0.25) is 0 Å². The molecule has 1 aromatic heterocycles. The highest BCUT2D eigenvalue weighted by atomic mass is 32.1. The Kier molecular flexibility index (Phi) is 6.35. The predicted molar refractivity (Wildman–Crippen MR) is 118 cm³/mol. The topological polar surface area (TPSA) is 64.2 Å². The fourth-order valence-corrected chi connectivity index (χ4v) is 4.37. The number of fused-ring (bicyclic) bond motifs is 1. The summed E-state index contributed by atoms with van der Waals surface area (Å²) >= 11 is 1.72. The first-order chi connectivity index (χ1) is 14.6. The van der Waals surface area contributed by atoms with Gasteiger partial charge in [-0.15, -0.1) is 11.3 Å². The molecule has 0 fully saturated rings. The van der Waals surface area contributed by atoms with Crippen LogP contribution in [0, 0.1) is 0 Å². The highest BCUT2D eigenvalue weighted by Crippen LogP contribution is 2.32. The number of nitrogens with one attached hydrogen (secondary N) is 1. The van der Waals surface area contributed by atoms with Crippen LogP contribution in [-0.2, 0) is 11.3 Å². The fraction of sp³-hybridized carbons (Fsp3) is 0.292. The van der Waals surface area contributed by atoms with Gasteiger partial charge in [-0.3, -0.25) is 4.79 Å². The molecule has 156 valence electrons. The van der Waals surface area contributed by atoms with Gasteiger partial charge < -0.3 is 20.1 Å². The molecule has 0 bridgehead atoms. The first-order valence-corrected chi connectivity index (χ1v) is 11.1. The molecule has 4 rings (SSSR count). The van der Waals surface area contributed by atoms with E-state index in [2.05, 4.69) is 66.3 Å². The van der Waals surface area contributed by atoms with E-state index in [0.717, 1.165) is 17.1 Å². The summed E-state index contributed by atoms with van der Waals surface area (Å²) in [7, 11) is 0. The van der Waals surface area contributed by atoms with E-state index in [1.54, 1.807) is 11.3 Å². The Bertz CT molecular complexity index is 984. The monoisotopic (exact) mass is 423 g/mol. The van der Waals surface area contributed by atoms with Crippen LogP contribution in [0.25, 0.3) is 0 Å². The second-order valence-electron chi connectivity index (χ2n) is 7.72. The highest BCUT2D eigenvalue weighted by molar-refractivity contribution is 7.10. The Hall–Kier alpha value is -2.83. The maximum Gasteiger partial charge on any atom is 0.275 e. The summed E-state index contributed by atoms with van der Waals surface area (Å²) in [5.74, 6) is 2.00. The SMILES string of the molecule is CC(C)c1ccc([C@H]([NH2+]CC(=O)NCc2ccc3c(c2)OCO3)c2cccs2)cc1. The molecule has 0 unspecified atom stereocenters. The van der Waals surface area contributed by atoms with E-state index in [9.17, 15) is 4.79 Å². The zero-order valence-corrected chi connectivity index (χ0v) is 18.1. The van der Waals surface area contributed by atoms with Gasteiger partial charge in [-0.25, -0.2) is 0 Å². The van der Waals surface area contributed by atoms with E-state index in [0.29, 0.717) is 19.0 Å². The third kappa shape index (κ3) is 4.83. The molecule has 1 aliphatic rings. The van der Waals surface area contributed by atoms with Crippen molar-refractivity contribution in [2.45, 2.75) is 32.4 Å². The Morgan fingerprint density at radius 3 is 2.57 bits per heavy atom. The number of benzene rings is 2. The molecular weight excluding hydrogens is 396 g/mol. The van der Waals surface area contributed by atoms with Gasteiger partial charge in [-0.2, -0.15) is 0 Å². The van der Waals surface area contributed by atoms with Crippen LogP contribution >= 0.6 is 11.3 Å². The van der Waals surface area contributed by atoms with Crippen LogP contribution in [0.1, 0.15) is 47.4 Å². The summed E-state index contributed by atoms with van der Waals surface area (Å²) in [5.41, 5.74) is 3.53. The van der Waals surface area contributed by atoms with Crippen LogP contribution in [0.15, 0.2) is 60.0 Å². The van der Waals surface area contributed by atoms with Gasteiger partial charge in [-0.05, 0) is 40.6 Å². The first-order valence-electron chi connectivity index (χ1n) is 10.2. The largest absolute Gasteiger partial charge is 0.454 e. The number of quaternary nitrogens is 1. The summed E-state index contributed by atoms with van der Waals surface area (Å²) in [6.07, 6.45) is 0. The molecule has 0 saturated carbocycles. The molecule has 5 nitrogen and oxygen atoms in total. The van der Waals surface area contributed by atoms with Crippen LogP contribution in [-0.4, -0.2) is 19.2 Å². The third-order valence-corrected chi connectivity index (χ3v) is 6.23. The summed E-state index contributed by atoms with van der Waals surface area (Å²) in [5, 5.41) is 7.19. The molecule has 1 atom stereocenters.